The van der Waals surface area contributed by atoms with Crippen molar-refractivity contribution in [1.82, 2.24) is 4.98 Å². The van der Waals surface area contributed by atoms with Gasteiger partial charge in [-0.3, -0.25) is 4.79 Å². The van der Waals surface area contributed by atoms with E-state index in [0.717, 1.165) is 16.5 Å². The smallest absolute Gasteiger partial charge is 0.317 e. The number of fused-ring (bicyclic) bond motifs is 1. The molecule has 90 valence electrons. The minimum atomic E-state index is -0.899. The maximum Gasteiger partial charge on any atom is 0.317 e. The number of alkyl halides is 1. The molecule has 6 heteroatoms. The summed E-state index contributed by atoms with van der Waals surface area (Å²) in [7, 11) is 0. The maximum absolute atomic E-state index is 10.8. The van der Waals surface area contributed by atoms with Crippen molar-refractivity contribution in [2.45, 2.75) is 11.2 Å². The fourth-order valence-corrected chi connectivity index (χ4v) is 2.66. The van der Waals surface area contributed by atoms with Gasteiger partial charge in [-0.05, 0) is 24.1 Å². The van der Waals surface area contributed by atoms with Crippen LogP contribution in [0.3, 0.4) is 0 Å². The second-order valence-corrected chi connectivity index (χ2v) is 5.58. The van der Waals surface area contributed by atoms with Crippen LogP contribution in [0.25, 0.3) is 10.9 Å². The van der Waals surface area contributed by atoms with Gasteiger partial charge in [-0.25, -0.2) is 0 Å². The molecule has 1 atom stereocenters. The van der Waals surface area contributed by atoms with Crippen LogP contribution in [0.2, 0.25) is 10.0 Å². The van der Waals surface area contributed by atoms with Crippen molar-refractivity contribution < 1.29 is 9.90 Å². The van der Waals surface area contributed by atoms with Crippen LogP contribution >= 0.6 is 39.1 Å². The van der Waals surface area contributed by atoms with Gasteiger partial charge in [-0.2, -0.15) is 0 Å². The number of aromatic nitrogens is 1. The number of hydrogen-bond donors (Lipinski definition) is 2. The molecule has 1 heterocycles. The lowest BCUT2D eigenvalue weighted by atomic mass is 10.1. The summed E-state index contributed by atoms with van der Waals surface area (Å²) >= 11 is 15.1. The molecule has 17 heavy (non-hydrogen) atoms. The number of carboxylic acid groups (broad SMARTS) is 1. The standard InChI is InChI=1S/C11H8BrCl2NO2/c12-7(11(16)17)1-5-4-15-9-3-6(13)2-8(14)10(5)9/h2-4,7,15H,1H2,(H,16,17). The summed E-state index contributed by atoms with van der Waals surface area (Å²) in [5.41, 5.74) is 1.66. The first-order valence-electron chi connectivity index (χ1n) is 4.81. The zero-order valence-corrected chi connectivity index (χ0v) is 11.6. The molecule has 2 aromatic rings. The number of nitrogens with one attached hydrogen (secondary N) is 1. The van der Waals surface area contributed by atoms with Gasteiger partial charge >= 0.3 is 5.97 Å². The van der Waals surface area contributed by atoms with Gasteiger partial charge in [0.05, 0.1) is 5.02 Å². The Kier molecular flexibility index (Phi) is 3.66. The molecule has 0 aliphatic carbocycles. The number of H-pyrrole nitrogens is 1. The molecule has 0 aliphatic heterocycles. The summed E-state index contributed by atoms with van der Waals surface area (Å²) in [5, 5.41) is 10.7. The lowest BCUT2D eigenvalue weighted by Crippen LogP contribution is -2.15. The maximum atomic E-state index is 10.8. The number of aromatic amines is 1. The third kappa shape index (κ3) is 2.59. The van der Waals surface area contributed by atoms with Gasteiger partial charge < -0.3 is 10.1 Å². The number of aliphatic carboxylic acids is 1. The SMILES string of the molecule is O=C(O)C(Br)Cc1c[nH]c2cc(Cl)cc(Cl)c12. The van der Waals surface area contributed by atoms with Gasteiger partial charge in [0.1, 0.15) is 4.83 Å². The zero-order valence-electron chi connectivity index (χ0n) is 8.51. The first-order chi connectivity index (χ1) is 7.99. The Hall–Kier alpha value is -0.710. The van der Waals surface area contributed by atoms with Gasteiger partial charge in [0.25, 0.3) is 0 Å². The van der Waals surface area contributed by atoms with E-state index in [1.165, 1.54) is 0 Å². The molecule has 0 saturated carbocycles. The van der Waals surface area contributed by atoms with E-state index in [0.29, 0.717) is 16.5 Å². The fourth-order valence-electron chi connectivity index (χ4n) is 1.69. The quantitative estimate of drug-likeness (QED) is 0.836. The summed E-state index contributed by atoms with van der Waals surface area (Å²) in [6.45, 7) is 0. The topological polar surface area (TPSA) is 53.1 Å². The van der Waals surface area contributed by atoms with E-state index >= 15 is 0 Å². The highest BCUT2D eigenvalue weighted by Crippen LogP contribution is 2.31. The Morgan fingerprint density at radius 3 is 2.82 bits per heavy atom. The number of halogens is 3. The first-order valence-corrected chi connectivity index (χ1v) is 6.48. The number of carbonyl (C=O) groups is 1. The van der Waals surface area contributed by atoms with E-state index in [1.54, 1.807) is 18.3 Å². The molecule has 3 nitrogen and oxygen atoms in total. The molecule has 0 saturated heterocycles. The largest absolute Gasteiger partial charge is 0.480 e. The molecule has 1 unspecified atom stereocenters. The van der Waals surface area contributed by atoms with Gasteiger partial charge in [-0.1, -0.05) is 39.1 Å². The minimum absolute atomic E-state index is 0.358. The lowest BCUT2D eigenvalue weighted by molar-refractivity contribution is -0.136. The number of rotatable bonds is 3. The van der Waals surface area contributed by atoms with Gasteiger partial charge in [0.2, 0.25) is 0 Å². The van der Waals surface area contributed by atoms with Crippen molar-refractivity contribution in [3.8, 4) is 0 Å². The highest BCUT2D eigenvalue weighted by molar-refractivity contribution is 9.10. The molecule has 1 aromatic carbocycles. The molecule has 2 rings (SSSR count). The number of hydrogen-bond acceptors (Lipinski definition) is 1. The normalized spacial score (nSPS) is 12.9. The van der Waals surface area contributed by atoms with E-state index in [-0.39, 0.29) is 0 Å². The van der Waals surface area contributed by atoms with Crippen LogP contribution in [0.15, 0.2) is 18.3 Å². The van der Waals surface area contributed by atoms with Crippen LogP contribution in [0, 0.1) is 0 Å². The Balaban J connectivity index is 2.46. The lowest BCUT2D eigenvalue weighted by Gasteiger charge is -2.04. The Labute approximate surface area is 116 Å². The van der Waals surface area contributed by atoms with Crippen LogP contribution in [0.5, 0.6) is 0 Å². The number of benzene rings is 1. The number of carboxylic acids is 1. The Bertz CT molecular complexity index is 582. The second-order valence-electron chi connectivity index (χ2n) is 3.63. The molecule has 0 aliphatic rings. The molecule has 1 aromatic heterocycles. The molecular formula is C11H8BrCl2NO2. The van der Waals surface area contributed by atoms with Crippen LogP contribution in [0.4, 0.5) is 0 Å². The van der Waals surface area contributed by atoms with Gasteiger partial charge in [-0.15, -0.1) is 0 Å². The first kappa shape index (κ1) is 12.7. The van der Waals surface area contributed by atoms with Gasteiger partial charge in [0.15, 0.2) is 0 Å². The highest BCUT2D eigenvalue weighted by atomic mass is 79.9. The van der Waals surface area contributed by atoms with Crippen LogP contribution in [-0.4, -0.2) is 20.9 Å². The third-order valence-corrected chi connectivity index (χ3v) is 3.68. The van der Waals surface area contributed by atoms with Crippen molar-refractivity contribution in [2.24, 2.45) is 0 Å². The second kappa shape index (κ2) is 4.88. The highest BCUT2D eigenvalue weighted by Gasteiger charge is 2.17. The zero-order chi connectivity index (χ0) is 12.6. The van der Waals surface area contributed by atoms with Crippen molar-refractivity contribution in [1.29, 1.82) is 0 Å². The van der Waals surface area contributed by atoms with Crippen molar-refractivity contribution in [2.75, 3.05) is 0 Å². The third-order valence-electron chi connectivity index (χ3n) is 2.45. The fraction of sp³-hybridized carbons (Fsp3) is 0.182. The van der Waals surface area contributed by atoms with Crippen molar-refractivity contribution >= 4 is 56.0 Å². The monoisotopic (exact) mass is 335 g/mol. The summed E-state index contributed by atoms with van der Waals surface area (Å²) in [4.78, 5) is 13.2. The van der Waals surface area contributed by atoms with E-state index in [9.17, 15) is 4.79 Å². The Morgan fingerprint density at radius 1 is 1.47 bits per heavy atom. The van der Waals surface area contributed by atoms with Gasteiger partial charge in [0, 0.05) is 22.1 Å². The Morgan fingerprint density at radius 2 is 2.18 bits per heavy atom. The average molecular weight is 337 g/mol. The summed E-state index contributed by atoms with van der Waals surface area (Å²) in [6, 6.07) is 3.41. The minimum Gasteiger partial charge on any atom is -0.480 e. The molecule has 0 amide bonds. The van der Waals surface area contributed by atoms with E-state index < -0.39 is 10.8 Å². The van der Waals surface area contributed by atoms with E-state index in [4.69, 9.17) is 28.3 Å². The molecular weight excluding hydrogens is 329 g/mol. The van der Waals surface area contributed by atoms with Crippen LogP contribution in [-0.2, 0) is 11.2 Å². The van der Waals surface area contributed by atoms with E-state index in [2.05, 4.69) is 20.9 Å². The molecule has 0 radical (unpaired) electrons. The van der Waals surface area contributed by atoms with Crippen LogP contribution in [0.1, 0.15) is 5.56 Å². The van der Waals surface area contributed by atoms with E-state index in [1.807, 2.05) is 0 Å². The summed E-state index contributed by atoms with van der Waals surface area (Å²) < 4.78 is 0. The molecule has 0 spiro atoms. The van der Waals surface area contributed by atoms with Crippen molar-refractivity contribution in [3.63, 3.8) is 0 Å². The molecule has 0 bridgehead atoms. The predicted molar refractivity (Wildman–Crippen MR) is 72.4 cm³/mol. The predicted octanol–water partition coefficient (Wildman–Crippen LogP) is 3.87. The summed E-state index contributed by atoms with van der Waals surface area (Å²) in [6.07, 6.45) is 2.11. The molecule has 0 fully saturated rings. The van der Waals surface area contributed by atoms with Crippen LogP contribution < -0.4 is 0 Å². The van der Waals surface area contributed by atoms with Crippen molar-refractivity contribution in [3.05, 3.63) is 33.9 Å². The average Bonchev–Trinajstić information content (AvgIpc) is 2.60. The molecule has 2 N–H and O–H groups in total. The summed E-state index contributed by atoms with van der Waals surface area (Å²) in [5.74, 6) is -0.899.